The lowest BCUT2D eigenvalue weighted by Crippen LogP contribution is -2.26. The molecule has 0 saturated heterocycles. The first-order valence-corrected chi connectivity index (χ1v) is 8.47. The Morgan fingerprint density at radius 3 is 2.65 bits per heavy atom. The van der Waals surface area contributed by atoms with Crippen molar-refractivity contribution >= 4 is 23.7 Å². The first-order chi connectivity index (χ1) is 12.6. The summed E-state index contributed by atoms with van der Waals surface area (Å²) in [4.78, 5) is 16.8. The Balaban J connectivity index is 1.77. The average molecular weight is 377 g/mol. The van der Waals surface area contributed by atoms with Crippen LogP contribution in [0.3, 0.4) is 0 Å². The second-order valence-electron chi connectivity index (χ2n) is 5.25. The molecule has 0 radical (unpaired) electrons. The SMILES string of the molecule is CCOc1ccc(/C=N\OCC(=O)NCc2ccc(Cl)cc2)cc1OC. The number of halogens is 1. The molecule has 0 heterocycles. The summed E-state index contributed by atoms with van der Waals surface area (Å²) >= 11 is 5.81. The number of oxime groups is 1. The van der Waals surface area contributed by atoms with Gasteiger partial charge in [-0.05, 0) is 42.8 Å². The predicted molar refractivity (Wildman–Crippen MR) is 101 cm³/mol. The Labute approximate surface area is 157 Å². The zero-order chi connectivity index (χ0) is 18.8. The second kappa shape index (κ2) is 10.3. The van der Waals surface area contributed by atoms with Gasteiger partial charge in [0.05, 0.1) is 19.9 Å². The second-order valence-corrected chi connectivity index (χ2v) is 5.69. The van der Waals surface area contributed by atoms with Gasteiger partial charge < -0.3 is 19.6 Å². The van der Waals surface area contributed by atoms with Crippen molar-refractivity contribution in [2.75, 3.05) is 20.3 Å². The number of hydrogen-bond acceptors (Lipinski definition) is 5. The molecule has 0 bridgehead atoms. The summed E-state index contributed by atoms with van der Waals surface area (Å²) in [6.45, 7) is 2.69. The Hall–Kier alpha value is -2.73. The van der Waals surface area contributed by atoms with E-state index < -0.39 is 0 Å². The highest BCUT2D eigenvalue weighted by molar-refractivity contribution is 6.30. The van der Waals surface area contributed by atoms with Gasteiger partial charge in [-0.1, -0.05) is 28.9 Å². The number of methoxy groups -OCH3 is 1. The summed E-state index contributed by atoms with van der Waals surface area (Å²) in [6.07, 6.45) is 1.50. The number of benzene rings is 2. The Morgan fingerprint density at radius 1 is 1.19 bits per heavy atom. The van der Waals surface area contributed by atoms with E-state index in [1.165, 1.54) is 6.21 Å². The van der Waals surface area contributed by atoms with Gasteiger partial charge in [-0.25, -0.2) is 0 Å². The zero-order valence-electron chi connectivity index (χ0n) is 14.7. The molecule has 2 aromatic rings. The van der Waals surface area contributed by atoms with E-state index in [1.54, 1.807) is 31.4 Å². The fourth-order valence-corrected chi connectivity index (χ4v) is 2.21. The molecule has 1 amide bonds. The Morgan fingerprint density at radius 2 is 1.96 bits per heavy atom. The van der Waals surface area contributed by atoms with E-state index in [4.69, 9.17) is 25.9 Å². The number of amides is 1. The molecular weight excluding hydrogens is 356 g/mol. The highest BCUT2D eigenvalue weighted by Crippen LogP contribution is 2.27. The minimum absolute atomic E-state index is 0.168. The number of carbonyl (C=O) groups excluding carboxylic acids is 1. The molecule has 0 aromatic heterocycles. The van der Waals surface area contributed by atoms with Crippen LogP contribution >= 0.6 is 11.6 Å². The third-order valence-electron chi connectivity index (χ3n) is 3.36. The lowest BCUT2D eigenvalue weighted by atomic mass is 10.2. The first kappa shape index (κ1) is 19.6. The van der Waals surface area contributed by atoms with Crippen molar-refractivity contribution in [1.29, 1.82) is 0 Å². The standard InChI is InChI=1S/C19H21ClN2O4/c1-3-25-17-9-6-15(10-18(17)24-2)12-22-26-13-19(23)21-11-14-4-7-16(20)8-5-14/h4-10,12H,3,11,13H2,1-2H3,(H,21,23)/b22-12-. The van der Waals surface area contributed by atoms with Crippen LogP contribution < -0.4 is 14.8 Å². The van der Waals surface area contributed by atoms with Gasteiger partial charge in [0.2, 0.25) is 0 Å². The molecule has 0 fully saturated rings. The molecule has 7 heteroatoms. The third-order valence-corrected chi connectivity index (χ3v) is 3.61. The fourth-order valence-electron chi connectivity index (χ4n) is 2.09. The minimum atomic E-state index is -0.263. The van der Waals surface area contributed by atoms with Crippen LogP contribution in [0.15, 0.2) is 47.6 Å². The molecule has 26 heavy (non-hydrogen) atoms. The van der Waals surface area contributed by atoms with Crippen molar-refractivity contribution in [3.8, 4) is 11.5 Å². The van der Waals surface area contributed by atoms with E-state index in [0.717, 1.165) is 11.1 Å². The van der Waals surface area contributed by atoms with E-state index in [9.17, 15) is 4.79 Å². The molecule has 138 valence electrons. The maximum atomic E-state index is 11.7. The van der Waals surface area contributed by atoms with Gasteiger partial charge in [0, 0.05) is 17.1 Å². The van der Waals surface area contributed by atoms with Gasteiger partial charge in [0.1, 0.15) is 0 Å². The Kier molecular flexibility index (Phi) is 7.76. The van der Waals surface area contributed by atoms with E-state index >= 15 is 0 Å². The summed E-state index contributed by atoms with van der Waals surface area (Å²) in [5.74, 6) is 1.01. The van der Waals surface area contributed by atoms with Crippen LogP contribution in [0, 0.1) is 0 Å². The molecule has 0 saturated carbocycles. The van der Waals surface area contributed by atoms with Gasteiger partial charge in [0.15, 0.2) is 18.1 Å². The van der Waals surface area contributed by atoms with Gasteiger partial charge >= 0.3 is 0 Å². The van der Waals surface area contributed by atoms with Gasteiger partial charge in [-0.3, -0.25) is 4.79 Å². The van der Waals surface area contributed by atoms with Gasteiger partial charge in [-0.2, -0.15) is 0 Å². The van der Waals surface area contributed by atoms with Crippen LogP contribution in [0.4, 0.5) is 0 Å². The quantitative estimate of drug-likeness (QED) is 0.538. The van der Waals surface area contributed by atoms with E-state index in [-0.39, 0.29) is 12.5 Å². The first-order valence-electron chi connectivity index (χ1n) is 8.09. The van der Waals surface area contributed by atoms with Crippen LogP contribution in [-0.4, -0.2) is 32.4 Å². The lowest BCUT2D eigenvalue weighted by molar-refractivity contribution is -0.125. The zero-order valence-corrected chi connectivity index (χ0v) is 15.5. The van der Waals surface area contributed by atoms with Crippen LogP contribution in [-0.2, 0) is 16.2 Å². The number of hydrogen-bond donors (Lipinski definition) is 1. The molecule has 2 aromatic carbocycles. The smallest absolute Gasteiger partial charge is 0.261 e. The topological polar surface area (TPSA) is 69.2 Å². The summed E-state index contributed by atoms with van der Waals surface area (Å²) in [6, 6.07) is 12.6. The van der Waals surface area contributed by atoms with E-state index in [2.05, 4.69) is 10.5 Å². The summed E-state index contributed by atoms with van der Waals surface area (Å²) in [5.41, 5.74) is 1.72. The molecule has 2 rings (SSSR count). The van der Waals surface area contributed by atoms with Crippen molar-refractivity contribution in [2.45, 2.75) is 13.5 Å². The summed E-state index contributed by atoms with van der Waals surface area (Å²) in [7, 11) is 1.57. The van der Waals surface area contributed by atoms with Gasteiger partial charge in [-0.15, -0.1) is 0 Å². The molecule has 6 nitrogen and oxygen atoms in total. The highest BCUT2D eigenvalue weighted by Gasteiger charge is 2.05. The van der Waals surface area contributed by atoms with Crippen LogP contribution in [0.2, 0.25) is 5.02 Å². The molecule has 1 N–H and O–H groups in total. The molecule has 0 aliphatic rings. The minimum Gasteiger partial charge on any atom is -0.493 e. The van der Waals surface area contributed by atoms with Gasteiger partial charge in [0.25, 0.3) is 5.91 Å². The van der Waals surface area contributed by atoms with Crippen LogP contribution in [0.1, 0.15) is 18.1 Å². The molecule has 0 aliphatic heterocycles. The van der Waals surface area contributed by atoms with Crippen molar-refractivity contribution in [2.24, 2.45) is 5.16 Å². The monoisotopic (exact) mass is 376 g/mol. The average Bonchev–Trinajstić information content (AvgIpc) is 2.66. The molecule has 0 unspecified atom stereocenters. The molecule has 0 atom stereocenters. The van der Waals surface area contributed by atoms with E-state index in [0.29, 0.717) is 29.7 Å². The predicted octanol–water partition coefficient (Wildman–Crippen LogP) is 3.41. The number of nitrogens with zero attached hydrogens (tertiary/aromatic N) is 1. The third kappa shape index (κ3) is 6.29. The van der Waals surface area contributed by atoms with Crippen molar-refractivity contribution in [3.63, 3.8) is 0 Å². The largest absolute Gasteiger partial charge is 0.493 e. The maximum absolute atomic E-state index is 11.7. The fraction of sp³-hybridized carbons (Fsp3) is 0.263. The van der Waals surface area contributed by atoms with Crippen molar-refractivity contribution in [3.05, 3.63) is 58.6 Å². The van der Waals surface area contributed by atoms with Crippen molar-refractivity contribution < 1.29 is 19.1 Å². The van der Waals surface area contributed by atoms with Crippen molar-refractivity contribution in [1.82, 2.24) is 5.32 Å². The lowest BCUT2D eigenvalue weighted by Gasteiger charge is -2.09. The summed E-state index contributed by atoms with van der Waals surface area (Å²) < 4.78 is 10.7. The maximum Gasteiger partial charge on any atom is 0.261 e. The van der Waals surface area contributed by atoms with E-state index in [1.807, 2.05) is 25.1 Å². The van der Waals surface area contributed by atoms with Crippen LogP contribution in [0.25, 0.3) is 0 Å². The number of ether oxygens (including phenoxy) is 2. The molecular formula is C19H21ClN2O4. The number of carbonyl (C=O) groups is 1. The molecule has 0 aliphatic carbocycles. The highest BCUT2D eigenvalue weighted by atomic mass is 35.5. The molecule has 0 spiro atoms. The normalized spacial score (nSPS) is 10.6. The number of rotatable bonds is 9. The summed E-state index contributed by atoms with van der Waals surface area (Å²) in [5, 5.41) is 7.20. The van der Waals surface area contributed by atoms with Crippen LogP contribution in [0.5, 0.6) is 11.5 Å². The Bertz CT molecular complexity index is 748. The number of nitrogens with one attached hydrogen (secondary N) is 1.